The maximum atomic E-state index is 12.3. The van der Waals surface area contributed by atoms with Crippen LogP contribution >= 0.6 is 15.9 Å². The van der Waals surface area contributed by atoms with E-state index >= 15 is 0 Å². The van der Waals surface area contributed by atoms with E-state index in [1.54, 1.807) is 17.1 Å². The number of amides is 1. The summed E-state index contributed by atoms with van der Waals surface area (Å²) in [4.78, 5) is 16.5. The molecule has 0 radical (unpaired) electrons. The summed E-state index contributed by atoms with van der Waals surface area (Å²) < 4.78 is 2.68. The van der Waals surface area contributed by atoms with Crippen molar-refractivity contribution in [3.8, 4) is 16.8 Å². The van der Waals surface area contributed by atoms with Crippen molar-refractivity contribution in [2.45, 2.75) is 25.8 Å². The second-order valence-electron chi connectivity index (χ2n) is 6.31. The van der Waals surface area contributed by atoms with Gasteiger partial charge in [-0.25, -0.2) is 4.68 Å². The van der Waals surface area contributed by atoms with Crippen LogP contribution in [0.1, 0.15) is 28.8 Å². The van der Waals surface area contributed by atoms with E-state index in [9.17, 15) is 4.79 Å². The van der Waals surface area contributed by atoms with Crippen LogP contribution in [0.5, 0.6) is 0 Å². The number of aryl methyl sites for hydroxylation is 1. The highest BCUT2D eigenvalue weighted by Crippen LogP contribution is 2.26. The lowest BCUT2D eigenvalue weighted by Crippen LogP contribution is -2.25. The first kappa shape index (κ1) is 16.0. The van der Waals surface area contributed by atoms with Gasteiger partial charge in [-0.15, -0.1) is 0 Å². The van der Waals surface area contributed by atoms with Gasteiger partial charge >= 0.3 is 0 Å². The average Bonchev–Trinajstić information content (AvgIpc) is 3.28. The Morgan fingerprint density at radius 2 is 2.08 bits per heavy atom. The molecule has 0 saturated heterocycles. The Morgan fingerprint density at radius 3 is 2.84 bits per heavy atom. The maximum Gasteiger partial charge on any atom is 0.251 e. The summed E-state index contributed by atoms with van der Waals surface area (Å²) in [5.41, 5.74) is 4.65. The van der Waals surface area contributed by atoms with Gasteiger partial charge in [0.1, 0.15) is 0 Å². The van der Waals surface area contributed by atoms with E-state index in [0.717, 1.165) is 39.7 Å². The maximum absolute atomic E-state index is 12.3. The Kier molecular flexibility index (Phi) is 4.13. The van der Waals surface area contributed by atoms with Gasteiger partial charge in [-0.1, -0.05) is 6.07 Å². The van der Waals surface area contributed by atoms with Gasteiger partial charge in [-0.2, -0.15) is 5.10 Å². The smallest absolute Gasteiger partial charge is 0.251 e. The summed E-state index contributed by atoms with van der Waals surface area (Å²) in [6, 6.07) is 8.10. The summed E-state index contributed by atoms with van der Waals surface area (Å²) in [6.45, 7) is 2.04. The molecule has 1 aliphatic rings. The minimum atomic E-state index is -0.00710. The lowest BCUT2D eigenvalue weighted by molar-refractivity contribution is 0.0951. The predicted molar refractivity (Wildman–Crippen MR) is 99.7 cm³/mol. The van der Waals surface area contributed by atoms with Crippen LogP contribution in [0.25, 0.3) is 16.8 Å². The minimum absolute atomic E-state index is 0.00710. The lowest BCUT2D eigenvalue weighted by Gasteiger charge is -2.08. The lowest BCUT2D eigenvalue weighted by atomic mass is 10.0. The van der Waals surface area contributed by atoms with E-state index in [4.69, 9.17) is 0 Å². The van der Waals surface area contributed by atoms with E-state index in [2.05, 4.69) is 31.3 Å². The Balaban J connectivity index is 1.66. The van der Waals surface area contributed by atoms with Gasteiger partial charge in [0.25, 0.3) is 5.91 Å². The van der Waals surface area contributed by atoms with Gasteiger partial charge in [0, 0.05) is 34.0 Å². The molecule has 4 rings (SSSR count). The molecule has 126 valence electrons. The third-order valence-corrected chi connectivity index (χ3v) is 4.69. The van der Waals surface area contributed by atoms with Crippen molar-refractivity contribution in [1.29, 1.82) is 0 Å². The van der Waals surface area contributed by atoms with Crippen molar-refractivity contribution in [2.24, 2.45) is 0 Å². The number of rotatable bonds is 4. The number of pyridine rings is 1. The molecule has 6 heteroatoms. The zero-order valence-electron chi connectivity index (χ0n) is 13.7. The summed E-state index contributed by atoms with van der Waals surface area (Å²) >= 11 is 3.42. The highest BCUT2D eigenvalue weighted by molar-refractivity contribution is 9.10. The molecule has 0 spiro atoms. The number of nitrogens with zero attached hydrogens (tertiary/aromatic N) is 3. The zero-order valence-corrected chi connectivity index (χ0v) is 15.3. The molecule has 1 aromatic carbocycles. The fourth-order valence-corrected chi connectivity index (χ4v) is 3.05. The predicted octanol–water partition coefficient (Wildman–Crippen LogP) is 3.90. The van der Waals surface area contributed by atoms with Crippen molar-refractivity contribution in [3.05, 3.63) is 64.7 Å². The normalized spacial score (nSPS) is 13.7. The van der Waals surface area contributed by atoms with E-state index in [1.165, 1.54) is 0 Å². The standard InChI is InChI=1S/C19H17BrN4O/c1-12-2-3-13(19(25)23-16-4-5-16)6-18(12)14-8-22-24(11-14)17-7-15(20)9-21-10-17/h2-3,6-11,16H,4-5H2,1H3,(H,23,25). The van der Waals surface area contributed by atoms with Gasteiger partial charge in [0.15, 0.2) is 0 Å². The van der Waals surface area contributed by atoms with Gasteiger partial charge in [-0.3, -0.25) is 9.78 Å². The van der Waals surface area contributed by atoms with Crippen molar-refractivity contribution >= 4 is 21.8 Å². The number of aromatic nitrogens is 3. The van der Waals surface area contributed by atoms with Crippen LogP contribution < -0.4 is 5.32 Å². The largest absolute Gasteiger partial charge is 0.349 e. The van der Waals surface area contributed by atoms with Crippen molar-refractivity contribution < 1.29 is 4.79 Å². The van der Waals surface area contributed by atoms with E-state index < -0.39 is 0 Å². The fraction of sp³-hybridized carbons (Fsp3) is 0.211. The fourth-order valence-electron chi connectivity index (χ4n) is 2.70. The Bertz CT molecular complexity index is 946. The molecule has 1 fully saturated rings. The van der Waals surface area contributed by atoms with Gasteiger partial charge in [-0.05, 0) is 65.0 Å². The second-order valence-corrected chi connectivity index (χ2v) is 7.23. The Morgan fingerprint density at radius 1 is 1.24 bits per heavy atom. The third kappa shape index (κ3) is 3.49. The molecule has 1 N–H and O–H groups in total. The molecule has 1 amide bonds. The molecule has 0 unspecified atom stereocenters. The van der Waals surface area contributed by atoms with E-state index in [1.807, 2.05) is 43.6 Å². The average molecular weight is 397 g/mol. The molecule has 3 aromatic rings. The first-order valence-corrected chi connectivity index (χ1v) is 8.97. The number of hydrogen-bond acceptors (Lipinski definition) is 3. The van der Waals surface area contributed by atoms with Gasteiger partial charge in [0.2, 0.25) is 0 Å². The molecule has 0 aliphatic heterocycles. The summed E-state index contributed by atoms with van der Waals surface area (Å²) in [5, 5.41) is 7.47. The number of benzene rings is 1. The van der Waals surface area contributed by atoms with Crippen molar-refractivity contribution in [3.63, 3.8) is 0 Å². The van der Waals surface area contributed by atoms with Crippen LogP contribution in [0.3, 0.4) is 0 Å². The number of carbonyl (C=O) groups is 1. The van der Waals surface area contributed by atoms with Gasteiger partial charge < -0.3 is 5.32 Å². The molecular formula is C19H17BrN4O. The molecule has 0 atom stereocenters. The third-order valence-electron chi connectivity index (χ3n) is 4.26. The summed E-state index contributed by atoms with van der Waals surface area (Å²) in [7, 11) is 0. The van der Waals surface area contributed by atoms with E-state index in [-0.39, 0.29) is 5.91 Å². The summed E-state index contributed by atoms with van der Waals surface area (Å²) in [5.74, 6) is -0.00710. The number of hydrogen-bond donors (Lipinski definition) is 1. The van der Waals surface area contributed by atoms with Crippen molar-refractivity contribution in [1.82, 2.24) is 20.1 Å². The monoisotopic (exact) mass is 396 g/mol. The second kappa shape index (κ2) is 6.44. The van der Waals surface area contributed by atoms with Crippen LogP contribution in [0, 0.1) is 6.92 Å². The van der Waals surface area contributed by atoms with E-state index in [0.29, 0.717) is 11.6 Å². The van der Waals surface area contributed by atoms with Gasteiger partial charge in [0.05, 0.1) is 18.1 Å². The van der Waals surface area contributed by atoms with Crippen molar-refractivity contribution in [2.75, 3.05) is 0 Å². The Hall–Kier alpha value is -2.47. The van der Waals surface area contributed by atoms with Crippen LogP contribution in [0.4, 0.5) is 0 Å². The summed E-state index contributed by atoms with van der Waals surface area (Å²) in [6.07, 6.45) is 9.42. The quantitative estimate of drug-likeness (QED) is 0.727. The highest BCUT2D eigenvalue weighted by atomic mass is 79.9. The molecule has 1 aliphatic carbocycles. The first-order chi connectivity index (χ1) is 12.1. The van der Waals surface area contributed by atoms with Crippen LogP contribution in [-0.4, -0.2) is 26.7 Å². The SMILES string of the molecule is Cc1ccc(C(=O)NC2CC2)cc1-c1cnn(-c2cncc(Br)c2)c1. The Labute approximate surface area is 154 Å². The molecule has 2 heterocycles. The minimum Gasteiger partial charge on any atom is -0.349 e. The van der Waals surface area contributed by atoms with Crippen LogP contribution in [0.15, 0.2) is 53.5 Å². The number of halogens is 1. The zero-order chi connectivity index (χ0) is 17.4. The molecule has 2 aromatic heterocycles. The highest BCUT2D eigenvalue weighted by Gasteiger charge is 2.24. The number of nitrogens with one attached hydrogen (secondary N) is 1. The van der Waals surface area contributed by atoms with Crippen LogP contribution in [0.2, 0.25) is 0 Å². The number of carbonyl (C=O) groups excluding carboxylic acids is 1. The molecule has 0 bridgehead atoms. The molecule has 1 saturated carbocycles. The molecule has 5 nitrogen and oxygen atoms in total. The van der Waals surface area contributed by atoms with Crippen LogP contribution in [-0.2, 0) is 0 Å². The molecular weight excluding hydrogens is 380 g/mol. The first-order valence-electron chi connectivity index (χ1n) is 8.17. The molecule has 25 heavy (non-hydrogen) atoms. The topological polar surface area (TPSA) is 59.8 Å².